The maximum Gasteiger partial charge on any atom is 0.319 e. The van der Waals surface area contributed by atoms with Crippen LogP contribution >= 0.6 is 0 Å². The second-order valence-electron chi connectivity index (χ2n) is 4.57. The lowest BCUT2D eigenvalue weighted by molar-refractivity contribution is -0.131. The molecular formula is C12H18F2N4O. The van der Waals surface area contributed by atoms with Crippen molar-refractivity contribution < 1.29 is 13.6 Å². The fourth-order valence-electron chi connectivity index (χ4n) is 2.19. The highest BCUT2D eigenvalue weighted by atomic mass is 19.3. The van der Waals surface area contributed by atoms with Gasteiger partial charge in [0.2, 0.25) is 5.91 Å². The normalized spacial score (nSPS) is 16.1. The van der Waals surface area contributed by atoms with Crippen LogP contribution in [0, 0.1) is 0 Å². The molecule has 0 atom stereocenters. The van der Waals surface area contributed by atoms with Crippen LogP contribution in [0.3, 0.4) is 0 Å². The highest BCUT2D eigenvalue weighted by molar-refractivity contribution is 5.78. The summed E-state index contributed by atoms with van der Waals surface area (Å²) in [5.41, 5.74) is 0. The molecule has 7 heteroatoms. The van der Waals surface area contributed by atoms with Crippen LogP contribution in [0.15, 0.2) is 12.4 Å². The summed E-state index contributed by atoms with van der Waals surface area (Å²) in [5.74, 6) is 0.260. The third kappa shape index (κ3) is 3.73. The van der Waals surface area contributed by atoms with Crippen molar-refractivity contribution in [3.63, 3.8) is 0 Å². The number of imidazole rings is 1. The largest absolute Gasteiger partial charge is 0.342 e. The van der Waals surface area contributed by atoms with Crippen molar-refractivity contribution in [1.82, 2.24) is 19.8 Å². The molecule has 0 spiro atoms. The average Bonchev–Trinajstić information content (AvgIpc) is 2.88. The molecule has 1 saturated heterocycles. The van der Waals surface area contributed by atoms with Gasteiger partial charge >= 0.3 is 6.55 Å². The van der Waals surface area contributed by atoms with Gasteiger partial charge in [-0.1, -0.05) is 0 Å². The van der Waals surface area contributed by atoms with Crippen LogP contribution in [0.4, 0.5) is 8.78 Å². The number of piperidine rings is 1. The van der Waals surface area contributed by atoms with E-state index >= 15 is 0 Å². The zero-order valence-corrected chi connectivity index (χ0v) is 10.7. The molecule has 5 nitrogen and oxygen atoms in total. The number of rotatable bonds is 5. The lowest BCUT2D eigenvalue weighted by Gasteiger charge is -2.26. The summed E-state index contributed by atoms with van der Waals surface area (Å²) in [5, 5.41) is 2.87. The van der Waals surface area contributed by atoms with E-state index < -0.39 is 6.55 Å². The van der Waals surface area contributed by atoms with Crippen LogP contribution in [-0.4, -0.2) is 40.0 Å². The highest BCUT2D eigenvalue weighted by Gasteiger charge is 2.16. The predicted molar refractivity (Wildman–Crippen MR) is 65.6 cm³/mol. The molecule has 19 heavy (non-hydrogen) atoms. The smallest absolute Gasteiger partial charge is 0.319 e. The number of nitrogens with one attached hydrogen (secondary N) is 1. The Morgan fingerprint density at radius 1 is 1.37 bits per heavy atom. The van der Waals surface area contributed by atoms with Gasteiger partial charge in [0.15, 0.2) is 0 Å². The molecule has 1 aliphatic heterocycles. The lowest BCUT2D eigenvalue weighted by Crippen LogP contribution is -2.41. The molecule has 2 rings (SSSR count). The summed E-state index contributed by atoms with van der Waals surface area (Å²) in [6.45, 7) is -0.678. The van der Waals surface area contributed by atoms with E-state index in [4.69, 9.17) is 0 Å². The van der Waals surface area contributed by atoms with E-state index in [1.54, 1.807) is 0 Å². The van der Waals surface area contributed by atoms with Gasteiger partial charge in [-0.25, -0.2) is 4.98 Å². The molecule has 0 aliphatic carbocycles. The molecule has 0 unspecified atom stereocenters. The molecule has 0 aromatic carbocycles. The van der Waals surface area contributed by atoms with Gasteiger partial charge in [0.1, 0.15) is 5.82 Å². The summed E-state index contributed by atoms with van der Waals surface area (Å²) in [4.78, 5) is 17.5. The first kappa shape index (κ1) is 13.9. The first-order chi connectivity index (χ1) is 9.18. The van der Waals surface area contributed by atoms with Gasteiger partial charge < -0.3 is 10.2 Å². The van der Waals surface area contributed by atoms with E-state index in [0.29, 0.717) is 0 Å². The van der Waals surface area contributed by atoms with Crippen molar-refractivity contribution in [1.29, 1.82) is 0 Å². The Morgan fingerprint density at radius 3 is 2.79 bits per heavy atom. The summed E-state index contributed by atoms with van der Waals surface area (Å²) >= 11 is 0. The van der Waals surface area contributed by atoms with E-state index in [-0.39, 0.29) is 24.8 Å². The van der Waals surface area contributed by atoms with Crippen LogP contribution in [0.1, 0.15) is 31.6 Å². The number of halogens is 2. The number of hydrogen-bond acceptors (Lipinski definition) is 3. The number of nitrogens with zero attached hydrogens (tertiary/aromatic N) is 3. The molecule has 1 amide bonds. The molecule has 0 saturated carbocycles. The monoisotopic (exact) mass is 272 g/mol. The van der Waals surface area contributed by atoms with Crippen LogP contribution in [0.2, 0.25) is 0 Å². The Kier molecular flexibility index (Phi) is 4.84. The van der Waals surface area contributed by atoms with Crippen molar-refractivity contribution in [2.75, 3.05) is 19.6 Å². The fraction of sp³-hybridized carbons (Fsp3) is 0.667. The summed E-state index contributed by atoms with van der Waals surface area (Å²) in [7, 11) is 0. The van der Waals surface area contributed by atoms with Gasteiger partial charge in [0.25, 0.3) is 0 Å². The minimum absolute atomic E-state index is 0.0230. The molecule has 1 aromatic heterocycles. The number of aromatic nitrogens is 2. The zero-order valence-electron chi connectivity index (χ0n) is 10.7. The topological polar surface area (TPSA) is 50.2 Å². The Balaban J connectivity index is 1.76. The lowest BCUT2D eigenvalue weighted by atomic mass is 10.1. The van der Waals surface area contributed by atoms with Crippen LogP contribution in [-0.2, 0) is 11.3 Å². The van der Waals surface area contributed by atoms with E-state index in [2.05, 4.69) is 10.3 Å². The van der Waals surface area contributed by atoms with E-state index in [1.165, 1.54) is 18.8 Å². The van der Waals surface area contributed by atoms with Crippen LogP contribution < -0.4 is 5.32 Å². The molecule has 106 valence electrons. The molecular weight excluding hydrogens is 254 g/mol. The minimum Gasteiger partial charge on any atom is -0.342 e. The first-order valence-corrected chi connectivity index (χ1v) is 6.47. The van der Waals surface area contributed by atoms with Crippen molar-refractivity contribution in [3.05, 3.63) is 18.2 Å². The standard InChI is InChI=1S/C12H18F2N4O/c13-12(14)18-7-4-16-10(18)8-15-9-11(19)17-5-2-1-3-6-17/h4,7,12,15H,1-3,5-6,8-9H2. The van der Waals surface area contributed by atoms with Gasteiger partial charge in [0.05, 0.1) is 13.1 Å². The molecule has 1 aromatic rings. The van der Waals surface area contributed by atoms with Gasteiger partial charge in [-0.3, -0.25) is 9.36 Å². The van der Waals surface area contributed by atoms with Crippen molar-refractivity contribution in [3.8, 4) is 0 Å². The highest BCUT2D eigenvalue weighted by Crippen LogP contribution is 2.12. The van der Waals surface area contributed by atoms with E-state index in [9.17, 15) is 13.6 Å². The minimum atomic E-state index is -2.60. The van der Waals surface area contributed by atoms with E-state index in [0.717, 1.165) is 30.5 Å². The Hall–Kier alpha value is -1.50. The van der Waals surface area contributed by atoms with Crippen molar-refractivity contribution in [2.24, 2.45) is 0 Å². The first-order valence-electron chi connectivity index (χ1n) is 6.47. The number of likely N-dealkylation sites (tertiary alicyclic amines) is 1. The number of carbonyl (C=O) groups excluding carboxylic acids is 1. The number of hydrogen-bond donors (Lipinski definition) is 1. The Bertz CT molecular complexity index is 416. The maximum atomic E-state index is 12.6. The predicted octanol–water partition coefficient (Wildman–Crippen LogP) is 1.38. The van der Waals surface area contributed by atoms with Crippen molar-refractivity contribution >= 4 is 5.91 Å². The van der Waals surface area contributed by atoms with Gasteiger partial charge in [-0.2, -0.15) is 8.78 Å². The summed E-state index contributed by atoms with van der Waals surface area (Å²) in [6.07, 6.45) is 5.82. The second-order valence-corrected chi connectivity index (χ2v) is 4.57. The van der Waals surface area contributed by atoms with Gasteiger partial charge in [-0.15, -0.1) is 0 Å². The van der Waals surface area contributed by atoms with Gasteiger partial charge in [-0.05, 0) is 19.3 Å². The molecule has 2 heterocycles. The summed E-state index contributed by atoms with van der Waals surface area (Å²) in [6, 6.07) is 0. The number of alkyl halides is 2. The molecule has 1 N–H and O–H groups in total. The summed E-state index contributed by atoms with van der Waals surface area (Å²) < 4.78 is 25.9. The number of amides is 1. The molecule has 0 bridgehead atoms. The third-order valence-corrected chi connectivity index (χ3v) is 3.23. The van der Waals surface area contributed by atoms with Crippen molar-refractivity contribution in [2.45, 2.75) is 32.4 Å². The average molecular weight is 272 g/mol. The SMILES string of the molecule is O=C(CNCc1nccn1C(F)F)N1CCCCC1. The molecule has 1 aliphatic rings. The molecule has 0 radical (unpaired) electrons. The maximum absolute atomic E-state index is 12.6. The Labute approximate surface area is 110 Å². The third-order valence-electron chi connectivity index (χ3n) is 3.23. The van der Waals surface area contributed by atoms with E-state index in [1.807, 2.05) is 4.90 Å². The van der Waals surface area contributed by atoms with Crippen LogP contribution in [0.5, 0.6) is 0 Å². The van der Waals surface area contributed by atoms with Gasteiger partial charge in [0, 0.05) is 25.5 Å². The zero-order chi connectivity index (χ0) is 13.7. The fourth-order valence-corrected chi connectivity index (χ4v) is 2.19. The number of carbonyl (C=O) groups is 1. The Morgan fingerprint density at radius 2 is 2.11 bits per heavy atom. The molecule has 1 fully saturated rings. The second kappa shape index (κ2) is 6.60. The van der Waals surface area contributed by atoms with Crippen LogP contribution in [0.25, 0.3) is 0 Å². The quantitative estimate of drug-likeness (QED) is 0.881.